The maximum Gasteiger partial charge on any atom is 0.249 e. The molecule has 0 aliphatic heterocycles. The van der Waals surface area contributed by atoms with Crippen LogP contribution in [0.3, 0.4) is 0 Å². The summed E-state index contributed by atoms with van der Waals surface area (Å²) in [6, 6.07) is 9.34. The lowest BCUT2D eigenvalue weighted by Gasteiger charge is -2.08. The Morgan fingerprint density at radius 1 is 1.26 bits per heavy atom. The van der Waals surface area contributed by atoms with Gasteiger partial charge >= 0.3 is 0 Å². The molecule has 0 fully saturated rings. The first-order valence-electron chi connectivity index (χ1n) is 5.46. The monoisotopic (exact) mass is 323 g/mol. The van der Waals surface area contributed by atoms with Gasteiger partial charge in [-0.05, 0) is 51.8 Å². The van der Waals surface area contributed by atoms with Crippen molar-refractivity contribution in [2.45, 2.75) is 0 Å². The van der Waals surface area contributed by atoms with Crippen LogP contribution in [-0.4, -0.2) is 13.0 Å². The molecule has 0 radical (unpaired) electrons. The molecule has 3 nitrogen and oxygen atoms in total. The minimum Gasteiger partial charge on any atom is -0.497 e. The van der Waals surface area contributed by atoms with Crippen molar-refractivity contribution in [1.82, 2.24) is 0 Å². The van der Waals surface area contributed by atoms with Crippen molar-refractivity contribution < 1.29 is 13.9 Å². The summed E-state index contributed by atoms with van der Waals surface area (Å²) in [7, 11) is 1.51. The van der Waals surface area contributed by atoms with Gasteiger partial charge in [0, 0.05) is 10.0 Å². The van der Waals surface area contributed by atoms with E-state index in [9.17, 15) is 9.18 Å². The molecule has 98 valence electrons. The van der Waals surface area contributed by atoms with E-state index >= 15 is 0 Å². The van der Waals surface area contributed by atoms with E-state index in [1.807, 2.05) is 0 Å². The van der Waals surface area contributed by atoms with Gasteiger partial charge in [0.1, 0.15) is 11.6 Å². The van der Waals surface area contributed by atoms with Crippen LogP contribution in [0, 0.1) is 5.82 Å². The van der Waals surface area contributed by atoms with Gasteiger partial charge in [-0.3, -0.25) is 4.79 Å². The van der Waals surface area contributed by atoms with Crippen molar-refractivity contribution in [2.75, 3.05) is 7.11 Å². The fraction of sp³-hybridized carbons (Fsp3) is 0.0714. The number of hydrogen-bond donors (Lipinski definition) is 1. The van der Waals surface area contributed by atoms with E-state index in [0.29, 0.717) is 26.9 Å². The van der Waals surface area contributed by atoms with E-state index in [-0.39, 0.29) is 0 Å². The van der Waals surface area contributed by atoms with Gasteiger partial charge < -0.3 is 10.5 Å². The van der Waals surface area contributed by atoms with Crippen LogP contribution in [0.2, 0.25) is 0 Å². The Morgan fingerprint density at radius 2 is 2.00 bits per heavy atom. The van der Waals surface area contributed by atoms with Crippen LogP contribution >= 0.6 is 15.9 Å². The molecule has 0 aliphatic carbocycles. The van der Waals surface area contributed by atoms with Gasteiger partial charge in [0.05, 0.1) is 12.7 Å². The number of amides is 1. The summed E-state index contributed by atoms with van der Waals surface area (Å²) in [5.74, 6) is -0.421. The quantitative estimate of drug-likeness (QED) is 0.941. The molecule has 19 heavy (non-hydrogen) atoms. The molecule has 2 aromatic rings. The predicted molar refractivity (Wildman–Crippen MR) is 74.6 cm³/mol. The Balaban J connectivity index is 2.59. The summed E-state index contributed by atoms with van der Waals surface area (Å²) < 4.78 is 19.5. The molecule has 0 heterocycles. The number of primary amides is 1. The van der Waals surface area contributed by atoms with Crippen molar-refractivity contribution >= 4 is 21.8 Å². The van der Waals surface area contributed by atoms with E-state index < -0.39 is 11.7 Å². The van der Waals surface area contributed by atoms with Gasteiger partial charge in [0.25, 0.3) is 0 Å². The number of benzene rings is 2. The Bertz CT molecular complexity index is 643. The average molecular weight is 324 g/mol. The molecule has 0 spiro atoms. The third-order valence-electron chi connectivity index (χ3n) is 2.72. The minimum absolute atomic E-state index is 0.305. The summed E-state index contributed by atoms with van der Waals surface area (Å²) >= 11 is 3.23. The Labute approximate surface area is 118 Å². The predicted octanol–water partition coefficient (Wildman–Crippen LogP) is 3.36. The van der Waals surface area contributed by atoms with E-state index in [1.165, 1.54) is 19.2 Å². The molecular formula is C14H11BrFNO2. The molecular weight excluding hydrogens is 313 g/mol. The molecule has 1 amide bonds. The fourth-order valence-electron chi connectivity index (χ4n) is 1.73. The normalized spacial score (nSPS) is 10.3. The molecule has 0 aliphatic rings. The smallest absolute Gasteiger partial charge is 0.249 e. The molecule has 2 N–H and O–H groups in total. The summed E-state index contributed by atoms with van der Waals surface area (Å²) in [6.45, 7) is 0. The maximum absolute atomic E-state index is 13.8. The zero-order valence-electron chi connectivity index (χ0n) is 10.1. The highest BCUT2D eigenvalue weighted by Crippen LogP contribution is 2.30. The van der Waals surface area contributed by atoms with Crippen LogP contribution in [0.15, 0.2) is 40.9 Å². The van der Waals surface area contributed by atoms with Crippen molar-refractivity contribution in [3.63, 3.8) is 0 Å². The van der Waals surface area contributed by atoms with Gasteiger partial charge in [-0.15, -0.1) is 0 Å². The lowest BCUT2D eigenvalue weighted by molar-refractivity contribution is 0.0999. The second-order valence-corrected chi connectivity index (χ2v) is 4.76. The number of carbonyl (C=O) groups excluding carboxylic acids is 1. The minimum atomic E-state index is -0.572. The van der Waals surface area contributed by atoms with E-state index in [1.54, 1.807) is 24.3 Å². The van der Waals surface area contributed by atoms with Crippen LogP contribution < -0.4 is 10.5 Å². The maximum atomic E-state index is 13.8. The fourth-order valence-corrected chi connectivity index (χ4v) is 2.18. The summed E-state index contributed by atoms with van der Waals surface area (Å²) in [5.41, 5.74) is 6.49. The molecule has 0 bridgehead atoms. The van der Waals surface area contributed by atoms with Gasteiger partial charge in [-0.25, -0.2) is 4.39 Å². The van der Waals surface area contributed by atoms with Crippen LogP contribution in [0.1, 0.15) is 10.4 Å². The molecule has 0 saturated heterocycles. The first-order valence-corrected chi connectivity index (χ1v) is 6.25. The van der Waals surface area contributed by atoms with E-state index in [2.05, 4.69) is 15.9 Å². The Morgan fingerprint density at radius 3 is 2.63 bits per heavy atom. The number of rotatable bonds is 3. The molecule has 0 atom stereocenters. The molecule has 0 unspecified atom stereocenters. The van der Waals surface area contributed by atoms with Crippen molar-refractivity contribution in [3.05, 3.63) is 52.3 Å². The van der Waals surface area contributed by atoms with Gasteiger partial charge in [0.2, 0.25) is 5.91 Å². The van der Waals surface area contributed by atoms with Crippen molar-refractivity contribution in [2.24, 2.45) is 5.73 Å². The number of nitrogens with two attached hydrogens (primary N) is 1. The number of ether oxygens (including phenoxy) is 1. The molecule has 0 saturated carbocycles. The van der Waals surface area contributed by atoms with Crippen LogP contribution in [0.5, 0.6) is 5.75 Å². The Kier molecular flexibility index (Phi) is 3.85. The summed E-state index contributed by atoms with van der Waals surface area (Å²) in [5, 5.41) is 0. The zero-order chi connectivity index (χ0) is 14.0. The van der Waals surface area contributed by atoms with Gasteiger partial charge in [-0.2, -0.15) is 0 Å². The summed E-state index contributed by atoms with van der Waals surface area (Å²) in [4.78, 5) is 11.3. The van der Waals surface area contributed by atoms with E-state index in [0.717, 1.165) is 0 Å². The van der Waals surface area contributed by atoms with Crippen molar-refractivity contribution in [1.29, 1.82) is 0 Å². The topological polar surface area (TPSA) is 52.3 Å². The number of methoxy groups -OCH3 is 1. The Hall–Kier alpha value is -1.88. The first-order chi connectivity index (χ1) is 9.02. The van der Waals surface area contributed by atoms with Gasteiger partial charge in [0.15, 0.2) is 0 Å². The third-order valence-corrected chi connectivity index (χ3v) is 3.41. The van der Waals surface area contributed by atoms with Crippen molar-refractivity contribution in [3.8, 4) is 16.9 Å². The number of halogens is 2. The number of carbonyl (C=O) groups is 1. The molecule has 5 heteroatoms. The van der Waals surface area contributed by atoms with Crippen LogP contribution in [-0.2, 0) is 0 Å². The lowest BCUT2D eigenvalue weighted by atomic mass is 10.0. The zero-order valence-corrected chi connectivity index (χ0v) is 11.7. The SMILES string of the molecule is COc1ccc(F)c(-c2ccc(Br)c(C(N)=O)c2)c1. The number of hydrogen-bond acceptors (Lipinski definition) is 2. The third kappa shape index (κ3) is 2.76. The van der Waals surface area contributed by atoms with Gasteiger partial charge in [-0.1, -0.05) is 6.07 Å². The highest BCUT2D eigenvalue weighted by molar-refractivity contribution is 9.10. The van der Waals surface area contributed by atoms with Crippen LogP contribution in [0.25, 0.3) is 11.1 Å². The molecule has 0 aromatic heterocycles. The average Bonchev–Trinajstić information content (AvgIpc) is 2.40. The summed E-state index contributed by atoms with van der Waals surface area (Å²) in [6.07, 6.45) is 0. The largest absolute Gasteiger partial charge is 0.497 e. The second kappa shape index (κ2) is 5.40. The first kappa shape index (κ1) is 13.5. The molecule has 2 rings (SSSR count). The molecule has 2 aromatic carbocycles. The second-order valence-electron chi connectivity index (χ2n) is 3.90. The van der Waals surface area contributed by atoms with Crippen LogP contribution in [0.4, 0.5) is 4.39 Å². The standard InChI is InChI=1S/C14H11BrFNO2/c1-19-9-3-5-13(16)10(7-9)8-2-4-12(15)11(6-8)14(17)18/h2-7H,1H3,(H2,17,18). The highest BCUT2D eigenvalue weighted by atomic mass is 79.9. The van der Waals surface area contributed by atoms with E-state index in [4.69, 9.17) is 10.5 Å². The highest BCUT2D eigenvalue weighted by Gasteiger charge is 2.11. The lowest BCUT2D eigenvalue weighted by Crippen LogP contribution is -2.11.